The fourth-order valence-electron chi connectivity index (χ4n) is 1.61. The molecule has 19 heavy (non-hydrogen) atoms. The molecule has 1 aromatic carbocycles. The Kier molecular flexibility index (Phi) is 4.35. The van der Waals surface area contributed by atoms with Gasteiger partial charge in [-0.1, -0.05) is 53.0 Å². The number of nitrogens with one attached hydrogen (secondary N) is 1. The Morgan fingerprint density at radius 1 is 1.26 bits per heavy atom. The van der Waals surface area contributed by atoms with E-state index in [1.54, 1.807) is 0 Å². The molecule has 0 bridgehead atoms. The summed E-state index contributed by atoms with van der Waals surface area (Å²) in [4.78, 5) is 12.0. The maximum Gasteiger partial charge on any atom is 0.254 e. The average Bonchev–Trinajstić information content (AvgIpc) is 2.39. The van der Waals surface area contributed by atoms with Gasteiger partial charge in [0.2, 0.25) is 0 Å². The quantitative estimate of drug-likeness (QED) is 0.947. The Morgan fingerprint density at radius 2 is 2.05 bits per heavy atom. The summed E-state index contributed by atoms with van der Waals surface area (Å²) in [5.41, 5.74) is 2.37. The maximum absolute atomic E-state index is 12.0. The first-order valence-corrected chi connectivity index (χ1v) is 6.34. The molecule has 1 amide bonds. The Morgan fingerprint density at radius 3 is 2.79 bits per heavy atom. The summed E-state index contributed by atoms with van der Waals surface area (Å²) >= 11 is 11.5. The van der Waals surface area contributed by atoms with Crippen LogP contribution in [0.2, 0.25) is 10.3 Å². The molecular formula is C13H11Cl2N3O. The van der Waals surface area contributed by atoms with E-state index in [4.69, 9.17) is 23.2 Å². The third-order valence-electron chi connectivity index (χ3n) is 2.50. The molecule has 0 aliphatic carbocycles. The van der Waals surface area contributed by atoms with Crippen molar-refractivity contribution < 1.29 is 4.79 Å². The van der Waals surface area contributed by atoms with Crippen LogP contribution in [0.3, 0.4) is 0 Å². The zero-order chi connectivity index (χ0) is 13.8. The second-order valence-corrected chi connectivity index (χ2v) is 4.79. The monoisotopic (exact) mass is 295 g/mol. The topological polar surface area (TPSA) is 54.9 Å². The van der Waals surface area contributed by atoms with Crippen molar-refractivity contribution in [1.29, 1.82) is 0 Å². The fourth-order valence-corrected chi connectivity index (χ4v) is 1.94. The molecule has 0 aliphatic rings. The second-order valence-electron chi connectivity index (χ2n) is 4.04. The van der Waals surface area contributed by atoms with Gasteiger partial charge in [0.15, 0.2) is 10.3 Å². The third-order valence-corrected chi connectivity index (χ3v) is 2.96. The van der Waals surface area contributed by atoms with Gasteiger partial charge < -0.3 is 5.32 Å². The molecular weight excluding hydrogens is 285 g/mol. The molecule has 6 heteroatoms. The molecule has 0 fully saturated rings. The smallest absolute Gasteiger partial charge is 0.254 e. The Balaban J connectivity index is 2.07. The third kappa shape index (κ3) is 3.66. The minimum absolute atomic E-state index is 0.0335. The predicted molar refractivity (Wildman–Crippen MR) is 74.4 cm³/mol. The van der Waals surface area contributed by atoms with Gasteiger partial charge in [-0.25, -0.2) is 0 Å². The van der Waals surface area contributed by atoms with Crippen molar-refractivity contribution in [1.82, 2.24) is 15.5 Å². The van der Waals surface area contributed by atoms with Gasteiger partial charge in [-0.15, -0.1) is 10.2 Å². The molecule has 0 radical (unpaired) electrons. The van der Waals surface area contributed by atoms with Gasteiger partial charge in [0.25, 0.3) is 5.91 Å². The fraction of sp³-hybridized carbons (Fsp3) is 0.154. The molecule has 0 atom stereocenters. The van der Waals surface area contributed by atoms with Crippen molar-refractivity contribution >= 4 is 29.1 Å². The number of hydrogen-bond donors (Lipinski definition) is 1. The van der Waals surface area contributed by atoms with E-state index < -0.39 is 0 Å². The molecule has 98 valence electrons. The minimum atomic E-state index is -0.330. The number of rotatable bonds is 3. The molecule has 0 saturated carbocycles. The van der Waals surface area contributed by atoms with Crippen LogP contribution in [0.15, 0.2) is 30.3 Å². The number of carbonyl (C=O) groups excluding carboxylic acids is 1. The lowest BCUT2D eigenvalue weighted by molar-refractivity contribution is 0.0950. The largest absolute Gasteiger partial charge is 0.348 e. The Hall–Kier alpha value is -1.65. The highest BCUT2D eigenvalue weighted by Crippen LogP contribution is 2.15. The van der Waals surface area contributed by atoms with Crippen molar-refractivity contribution in [2.75, 3.05) is 0 Å². The standard InChI is InChI=1S/C13H11Cl2N3O/c1-8-3-2-4-9(5-8)7-16-13(19)10-6-11(14)17-18-12(10)15/h2-6H,7H2,1H3,(H,16,19). The molecule has 0 unspecified atom stereocenters. The first-order chi connectivity index (χ1) is 9.06. The van der Waals surface area contributed by atoms with Crippen LogP contribution in [-0.2, 0) is 6.54 Å². The predicted octanol–water partition coefficient (Wildman–Crippen LogP) is 3.02. The summed E-state index contributed by atoms with van der Waals surface area (Å²) in [6.07, 6.45) is 0. The number of aromatic nitrogens is 2. The van der Waals surface area contributed by atoms with E-state index in [1.165, 1.54) is 6.07 Å². The van der Waals surface area contributed by atoms with E-state index in [2.05, 4.69) is 15.5 Å². The summed E-state index contributed by atoms with van der Waals surface area (Å²) in [6, 6.07) is 9.26. The lowest BCUT2D eigenvalue weighted by atomic mass is 10.1. The van der Waals surface area contributed by atoms with Gasteiger partial charge in [-0.3, -0.25) is 4.79 Å². The number of benzene rings is 1. The number of amides is 1. The molecule has 2 rings (SSSR count). The van der Waals surface area contributed by atoms with Crippen LogP contribution >= 0.6 is 23.2 Å². The van der Waals surface area contributed by atoms with E-state index in [1.807, 2.05) is 31.2 Å². The zero-order valence-corrected chi connectivity index (χ0v) is 11.7. The van der Waals surface area contributed by atoms with Crippen LogP contribution in [0, 0.1) is 6.92 Å². The summed E-state index contributed by atoms with van der Waals surface area (Å²) in [6.45, 7) is 2.41. The lowest BCUT2D eigenvalue weighted by Gasteiger charge is -2.07. The molecule has 2 aromatic rings. The van der Waals surface area contributed by atoms with Crippen LogP contribution < -0.4 is 5.32 Å². The van der Waals surface area contributed by atoms with Crippen LogP contribution in [0.25, 0.3) is 0 Å². The lowest BCUT2D eigenvalue weighted by Crippen LogP contribution is -2.23. The molecule has 1 aromatic heterocycles. The SMILES string of the molecule is Cc1cccc(CNC(=O)c2cc(Cl)nnc2Cl)c1. The number of hydrogen-bond acceptors (Lipinski definition) is 3. The zero-order valence-electron chi connectivity index (χ0n) is 10.2. The molecule has 1 heterocycles. The summed E-state index contributed by atoms with van der Waals surface area (Å²) < 4.78 is 0. The first kappa shape index (κ1) is 13.8. The highest BCUT2D eigenvalue weighted by molar-refractivity contribution is 6.34. The molecule has 1 N–H and O–H groups in total. The highest BCUT2D eigenvalue weighted by atomic mass is 35.5. The summed E-state index contributed by atoms with van der Waals surface area (Å²) in [5.74, 6) is -0.330. The summed E-state index contributed by atoms with van der Waals surface area (Å²) in [7, 11) is 0. The van der Waals surface area contributed by atoms with Crippen molar-refractivity contribution in [3.05, 3.63) is 57.3 Å². The van der Waals surface area contributed by atoms with Crippen LogP contribution in [0.5, 0.6) is 0 Å². The van der Waals surface area contributed by atoms with Gasteiger partial charge in [-0.2, -0.15) is 0 Å². The van der Waals surface area contributed by atoms with Crippen molar-refractivity contribution in [3.63, 3.8) is 0 Å². The average molecular weight is 296 g/mol. The van der Waals surface area contributed by atoms with Gasteiger partial charge in [-0.05, 0) is 18.6 Å². The van der Waals surface area contributed by atoms with Crippen LogP contribution in [0.1, 0.15) is 21.5 Å². The van der Waals surface area contributed by atoms with Crippen molar-refractivity contribution in [2.45, 2.75) is 13.5 Å². The second kappa shape index (κ2) is 5.99. The number of carbonyl (C=O) groups is 1. The van der Waals surface area contributed by atoms with E-state index in [9.17, 15) is 4.79 Å². The highest BCUT2D eigenvalue weighted by Gasteiger charge is 2.12. The first-order valence-electron chi connectivity index (χ1n) is 5.59. The molecule has 0 aliphatic heterocycles. The normalized spacial score (nSPS) is 10.3. The van der Waals surface area contributed by atoms with Gasteiger partial charge in [0.1, 0.15) is 0 Å². The summed E-state index contributed by atoms with van der Waals surface area (Å²) in [5, 5.41) is 10.1. The maximum atomic E-state index is 12.0. The number of halogens is 2. The minimum Gasteiger partial charge on any atom is -0.348 e. The number of nitrogens with zero attached hydrogens (tertiary/aromatic N) is 2. The Bertz CT molecular complexity index is 617. The molecule has 0 spiro atoms. The van der Waals surface area contributed by atoms with Crippen molar-refractivity contribution in [2.24, 2.45) is 0 Å². The Labute approximate surface area is 120 Å². The van der Waals surface area contributed by atoms with E-state index in [0.29, 0.717) is 6.54 Å². The van der Waals surface area contributed by atoms with E-state index in [0.717, 1.165) is 11.1 Å². The van der Waals surface area contributed by atoms with E-state index in [-0.39, 0.29) is 21.8 Å². The van der Waals surface area contributed by atoms with Crippen molar-refractivity contribution in [3.8, 4) is 0 Å². The number of aryl methyl sites for hydroxylation is 1. The van der Waals surface area contributed by atoms with Gasteiger partial charge >= 0.3 is 0 Å². The molecule has 4 nitrogen and oxygen atoms in total. The van der Waals surface area contributed by atoms with E-state index >= 15 is 0 Å². The molecule has 0 saturated heterocycles. The van der Waals surface area contributed by atoms with Crippen LogP contribution in [0.4, 0.5) is 0 Å². The van der Waals surface area contributed by atoms with Gasteiger partial charge in [0.05, 0.1) is 5.56 Å². The van der Waals surface area contributed by atoms with Gasteiger partial charge in [0, 0.05) is 6.54 Å². The van der Waals surface area contributed by atoms with Crippen LogP contribution in [-0.4, -0.2) is 16.1 Å².